The lowest BCUT2D eigenvalue weighted by Crippen LogP contribution is -1.99. The lowest BCUT2D eigenvalue weighted by Gasteiger charge is -2.03. The summed E-state index contributed by atoms with van der Waals surface area (Å²) in [5.74, 6) is -0.00808. The summed E-state index contributed by atoms with van der Waals surface area (Å²) in [5.41, 5.74) is 4.16. The predicted molar refractivity (Wildman–Crippen MR) is 71.7 cm³/mol. The van der Waals surface area contributed by atoms with Gasteiger partial charge in [-0.05, 0) is 18.1 Å². The number of alkyl halides is 1. The van der Waals surface area contributed by atoms with Crippen LogP contribution in [-0.2, 0) is 0 Å². The van der Waals surface area contributed by atoms with Crippen molar-refractivity contribution >= 4 is 17.4 Å². The Morgan fingerprint density at radius 2 is 1.41 bits per heavy atom. The number of hydrogen-bond donors (Lipinski definition) is 0. The third-order valence-electron chi connectivity index (χ3n) is 2.71. The summed E-state index contributed by atoms with van der Waals surface area (Å²) in [6.45, 7) is 2.06. The minimum Gasteiger partial charge on any atom is -0.293 e. The largest absolute Gasteiger partial charge is 0.293 e. The minimum absolute atomic E-state index is 0.0316. The van der Waals surface area contributed by atoms with Crippen LogP contribution in [0.5, 0.6) is 0 Å². The molecule has 0 aromatic heterocycles. The number of rotatable bonds is 3. The molecule has 0 spiro atoms. The maximum Gasteiger partial charge on any atom is 0.177 e. The van der Waals surface area contributed by atoms with Gasteiger partial charge < -0.3 is 0 Å². The van der Waals surface area contributed by atoms with Crippen LogP contribution in [-0.4, -0.2) is 11.7 Å². The number of carbonyl (C=O) groups excluding carboxylic acids is 1. The maximum absolute atomic E-state index is 11.4. The molecular formula is C15H13ClO. The molecule has 0 aliphatic heterocycles. The van der Waals surface area contributed by atoms with Gasteiger partial charge in [-0.2, -0.15) is 0 Å². The van der Waals surface area contributed by atoms with E-state index < -0.39 is 0 Å². The van der Waals surface area contributed by atoms with Gasteiger partial charge in [0.25, 0.3) is 0 Å². The second-order valence-corrected chi connectivity index (χ2v) is 4.27. The Morgan fingerprint density at radius 1 is 0.941 bits per heavy atom. The Balaban J connectivity index is 2.29. The van der Waals surface area contributed by atoms with Crippen LogP contribution in [0, 0.1) is 6.92 Å². The SMILES string of the molecule is Cc1ccc(-c2ccc(C(=O)CCl)cc2)cc1. The second-order valence-electron chi connectivity index (χ2n) is 4.00. The van der Waals surface area contributed by atoms with E-state index in [-0.39, 0.29) is 11.7 Å². The average molecular weight is 245 g/mol. The smallest absolute Gasteiger partial charge is 0.177 e. The topological polar surface area (TPSA) is 17.1 Å². The van der Waals surface area contributed by atoms with Crippen LogP contribution in [0.3, 0.4) is 0 Å². The molecule has 0 bridgehead atoms. The van der Waals surface area contributed by atoms with Gasteiger partial charge in [0.05, 0.1) is 5.88 Å². The highest BCUT2D eigenvalue weighted by Crippen LogP contribution is 2.20. The van der Waals surface area contributed by atoms with Gasteiger partial charge in [0.2, 0.25) is 0 Å². The predicted octanol–water partition coefficient (Wildman–Crippen LogP) is 4.08. The third kappa shape index (κ3) is 2.75. The van der Waals surface area contributed by atoms with E-state index in [1.807, 2.05) is 24.3 Å². The fourth-order valence-electron chi connectivity index (χ4n) is 1.67. The molecule has 2 aromatic rings. The summed E-state index contributed by atoms with van der Waals surface area (Å²) in [6.07, 6.45) is 0. The maximum atomic E-state index is 11.4. The molecule has 2 rings (SSSR count). The van der Waals surface area contributed by atoms with Gasteiger partial charge in [0.15, 0.2) is 5.78 Å². The van der Waals surface area contributed by atoms with Crippen LogP contribution in [0.25, 0.3) is 11.1 Å². The fraction of sp³-hybridized carbons (Fsp3) is 0.133. The van der Waals surface area contributed by atoms with Crippen molar-refractivity contribution in [2.24, 2.45) is 0 Å². The van der Waals surface area contributed by atoms with Gasteiger partial charge in [0, 0.05) is 5.56 Å². The minimum atomic E-state index is -0.0397. The van der Waals surface area contributed by atoms with E-state index in [4.69, 9.17) is 11.6 Å². The molecule has 0 amide bonds. The number of aryl methyl sites for hydroxylation is 1. The quantitative estimate of drug-likeness (QED) is 0.587. The molecule has 1 nitrogen and oxygen atoms in total. The molecule has 0 atom stereocenters. The van der Waals surface area contributed by atoms with Crippen LogP contribution < -0.4 is 0 Å². The van der Waals surface area contributed by atoms with E-state index in [1.165, 1.54) is 5.56 Å². The van der Waals surface area contributed by atoms with E-state index in [9.17, 15) is 4.79 Å². The first-order valence-corrected chi connectivity index (χ1v) is 6.00. The molecule has 0 unspecified atom stereocenters. The molecule has 2 aromatic carbocycles. The Morgan fingerprint density at radius 3 is 1.88 bits per heavy atom. The highest BCUT2D eigenvalue weighted by Gasteiger charge is 2.04. The number of ketones is 1. The summed E-state index contributed by atoms with van der Waals surface area (Å²) in [5, 5.41) is 0. The number of benzene rings is 2. The number of hydrogen-bond acceptors (Lipinski definition) is 1. The van der Waals surface area contributed by atoms with Crippen molar-refractivity contribution in [2.75, 3.05) is 5.88 Å². The summed E-state index contributed by atoms with van der Waals surface area (Å²) in [6, 6.07) is 15.8. The Hall–Kier alpha value is -1.60. The Bertz CT molecular complexity index is 512. The third-order valence-corrected chi connectivity index (χ3v) is 2.96. The van der Waals surface area contributed by atoms with Gasteiger partial charge >= 0.3 is 0 Å². The molecule has 0 fully saturated rings. The highest BCUT2D eigenvalue weighted by molar-refractivity contribution is 6.30. The first-order chi connectivity index (χ1) is 8.20. The van der Waals surface area contributed by atoms with Gasteiger partial charge in [-0.15, -0.1) is 11.6 Å². The van der Waals surface area contributed by atoms with Crippen LogP contribution in [0.2, 0.25) is 0 Å². The highest BCUT2D eigenvalue weighted by atomic mass is 35.5. The normalized spacial score (nSPS) is 10.2. The lowest BCUT2D eigenvalue weighted by atomic mass is 10.0. The van der Waals surface area contributed by atoms with Gasteiger partial charge in [-0.1, -0.05) is 54.1 Å². The second kappa shape index (κ2) is 5.15. The monoisotopic (exact) mass is 244 g/mol. The molecule has 0 radical (unpaired) electrons. The summed E-state index contributed by atoms with van der Waals surface area (Å²) < 4.78 is 0. The zero-order valence-corrected chi connectivity index (χ0v) is 10.4. The molecule has 2 heteroatoms. The lowest BCUT2D eigenvalue weighted by molar-refractivity contribution is 0.102. The fourth-order valence-corrected chi connectivity index (χ4v) is 1.83. The summed E-state index contributed by atoms with van der Waals surface area (Å²) >= 11 is 5.51. The van der Waals surface area contributed by atoms with Gasteiger partial charge in [-0.25, -0.2) is 0 Å². The van der Waals surface area contributed by atoms with Crippen molar-refractivity contribution < 1.29 is 4.79 Å². The molecule has 0 N–H and O–H groups in total. The van der Waals surface area contributed by atoms with Crippen molar-refractivity contribution in [2.45, 2.75) is 6.92 Å². The Kier molecular flexibility index (Phi) is 3.60. The summed E-state index contributed by atoms with van der Waals surface area (Å²) in [4.78, 5) is 11.4. The van der Waals surface area contributed by atoms with E-state index in [0.29, 0.717) is 5.56 Å². The standard InChI is InChI=1S/C15H13ClO/c1-11-2-4-12(5-3-11)13-6-8-14(9-7-13)15(17)10-16/h2-9H,10H2,1H3. The molecule has 0 aliphatic rings. The molecule has 86 valence electrons. The molecule has 17 heavy (non-hydrogen) atoms. The molecule has 0 heterocycles. The average Bonchev–Trinajstić information content (AvgIpc) is 2.39. The van der Waals surface area contributed by atoms with E-state index in [1.54, 1.807) is 0 Å². The number of halogens is 1. The molecule has 0 aliphatic carbocycles. The number of carbonyl (C=O) groups is 1. The van der Waals surface area contributed by atoms with Crippen molar-refractivity contribution in [1.82, 2.24) is 0 Å². The molecular weight excluding hydrogens is 232 g/mol. The van der Waals surface area contributed by atoms with Crippen LogP contribution >= 0.6 is 11.6 Å². The van der Waals surface area contributed by atoms with E-state index in [0.717, 1.165) is 11.1 Å². The van der Waals surface area contributed by atoms with E-state index in [2.05, 4.69) is 31.2 Å². The van der Waals surface area contributed by atoms with Crippen molar-refractivity contribution in [3.8, 4) is 11.1 Å². The van der Waals surface area contributed by atoms with Crippen LogP contribution in [0.4, 0.5) is 0 Å². The zero-order chi connectivity index (χ0) is 12.3. The van der Waals surface area contributed by atoms with Gasteiger partial charge in [-0.3, -0.25) is 4.79 Å². The van der Waals surface area contributed by atoms with Crippen LogP contribution in [0.15, 0.2) is 48.5 Å². The summed E-state index contributed by atoms with van der Waals surface area (Å²) in [7, 11) is 0. The molecule has 0 saturated heterocycles. The first-order valence-electron chi connectivity index (χ1n) is 5.47. The van der Waals surface area contributed by atoms with Crippen molar-refractivity contribution in [1.29, 1.82) is 0 Å². The van der Waals surface area contributed by atoms with E-state index >= 15 is 0 Å². The van der Waals surface area contributed by atoms with Crippen molar-refractivity contribution in [3.63, 3.8) is 0 Å². The Labute approximate surface area is 106 Å². The molecule has 0 saturated carbocycles. The number of Topliss-reactive ketones (excluding diaryl/α,β-unsaturated/α-hetero) is 1. The van der Waals surface area contributed by atoms with Crippen molar-refractivity contribution in [3.05, 3.63) is 59.7 Å². The zero-order valence-electron chi connectivity index (χ0n) is 9.61. The van der Waals surface area contributed by atoms with Crippen LogP contribution in [0.1, 0.15) is 15.9 Å². The first kappa shape index (κ1) is 11.9. The van der Waals surface area contributed by atoms with Gasteiger partial charge in [0.1, 0.15) is 0 Å².